The topological polar surface area (TPSA) is 98.5 Å². The molecule has 0 aliphatic carbocycles. The van der Waals surface area contributed by atoms with Crippen LogP contribution in [-0.4, -0.2) is 32.4 Å². The Morgan fingerprint density at radius 2 is 1.95 bits per heavy atom. The molecule has 0 saturated carbocycles. The number of rotatable bonds is 7. The molecule has 0 bridgehead atoms. The number of thioether (sulfide) groups is 1. The monoisotopic (exact) mass is 354 g/mol. The Kier molecular flexibility index (Phi) is 8.91. The second-order valence-corrected chi connectivity index (χ2v) is 6.84. The average Bonchev–Trinajstić information content (AvgIpc) is 2.42. The normalized spacial score (nSPS) is 12.3. The molecular weight excluding hydrogens is 336 g/mol. The minimum atomic E-state index is -3.88. The number of hydrogen-bond acceptors (Lipinski definition) is 6. The summed E-state index contributed by atoms with van der Waals surface area (Å²) >= 11 is 1.54. The molecule has 1 atom stereocenters. The van der Waals surface area contributed by atoms with Gasteiger partial charge in [0.2, 0.25) is 0 Å². The van der Waals surface area contributed by atoms with Crippen LogP contribution in [0.25, 0.3) is 0 Å². The number of aryl methyl sites for hydroxylation is 1. The molecule has 0 radical (unpaired) electrons. The van der Waals surface area contributed by atoms with Gasteiger partial charge in [-0.15, -0.1) is 12.4 Å². The summed E-state index contributed by atoms with van der Waals surface area (Å²) in [6, 6.07) is 5.32. The van der Waals surface area contributed by atoms with E-state index in [2.05, 4.69) is 4.84 Å². The van der Waals surface area contributed by atoms with Crippen molar-refractivity contribution < 1.29 is 18.0 Å². The Labute approximate surface area is 135 Å². The van der Waals surface area contributed by atoms with Gasteiger partial charge in [-0.2, -0.15) is 11.8 Å². The maximum Gasteiger partial charge on any atom is 0.342 e. The molecular formula is C12H19ClN2O4S2. The van der Waals surface area contributed by atoms with Crippen LogP contribution in [-0.2, 0) is 19.7 Å². The van der Waals surface area contributed by atoms with E-state index >= 15 is 0 Å². The van der Waals surface area contributed by atoms with Gasteiger partial charge in [0.25, 0.3) is 10.0 Å². The number of carbonyl (C=O) groups is 1. The highest BCUT2D eigenvalue weighted by molar-refractivity contribution is 7.98. The van der Waals surface area contributed by atoms with Gasteiger partial charge in [0.15, 0.2) is 0 Å². The molecule has 1 aromatic carbocycles. The van der Waals surface area contributed by atoms with Crippen LogP contribution in [0.15, 0.2) is 29.2 Å². The first-order chi connectivity index (χ1) is 9.36. The van der Waals surface area contributed by atoms with Crippen molar-refractivity contribution >= 4 is 40.2 Å². The third-order valence-corrected chi connectivity index (χ3v) is 4.36. The Morgan fingerprint density at radius 1 is 1.38 bits per heavy atom. The molecule has 21 heavy (non-hydrogen) atoms. The van der Waals surface area contributed by atoms with Gasteiger partial charge in [-0.3, -0.25) is 0 Å². The zero-order valence-corrected chi connectivity index (χ0v) is 14.2. The predicted octanol–water partition coefficient (Wildman–Crippen LogP) is 1.23. The van der Waals surface area contributed by atoms with Gasteiger partial charge in [-0.1, -0.05) is 17.7 Å². The average molecular weight is 355 g/mol. The van der Waals surface area contributed by atoms with E-state index in [-0.39, 0.29) is 17.3 Å². The molecule has 1 rings (SSSR count). The van der Waals surface area contributed by atoms with Crippen molar-refractivity contribution in [2.45, 2.75) is 24.3 Å². The molecule has 0 saturated heterocycles. The van der Waals surface area contributed by atoms with Gasteiger partial charge in [-0.25, -0.2) is 13.2 Å². The summed E-state index contributed by atoms with van der Waals surface area (Å²) in [7, 11) is -3.88. The number of nitrogens with one attached hydrogen (secondary N) is 1. The van der Waals surface area contributed by atoms with Crippen molar-refractivity contribution in [2.24, 2.45) is 5.73 Å². The summed E-state index contributed by atoms with van der Waals surface area (Å²) in [6.07, 6.45) is 2.31. The van der Waals surface area contributed by atoms with Gasteiger partial charge in [-0.05, 0) is 42.4 Å². The molecule has 0 fully saturated rings. The van der Waals surface area contributed by atoms with Gasteiger partial charge in [0, 0.05) is 0 Å². The van der Waals surface area contributed by atoms with Crippen LogP contribution in [0.1, 0.15) is 12.0 Å². The molecule has 120 valence electrons. The zero-order valence-electron chi connectivity index (χ0n) is 11.7. The van der Waals surface area contributed by atoms with Crippen LogP contribution in [0.4, 0.5) is 0 Å². The van der Waals surface area contributed by atoms with Crippen molar-refractivity contribution in [3.8, 4) is 0 Å². The molecule has 0 amide bonds. The van der Waals surface area contributed by atoms with E-state index in [1.807, 2.05) is 13.2 Å². The fourth-order valence-corrected chi connectivity index (χ4v) is 2.57. The van der Waals surface area contributed by atoms with E-state index in [4.69, 9.17) is 5.73 Å². The van der Waals surface area contributed by atoms with E-state index in [1.165, 1.54) is 12.1 Å². The lowest BCUT2D eigenvalue weighted by Crippen LogP contribution is -2.38. The van der Waals surface area contributed by atoms with Crippen LogP contribution >= 0.6 is 24.2 Å². The minimum Gasteiger partial charge on any atom is -0.354 e. The minimum absolute atomic E-state index is 0. The van der Waals surface area contributed by atoms with Crippen molar-refractivity contribution in [3.05, 3.63) is 29.8 Å². The lowest BCUT2D eigenvalue weighted by molar-refractivity contribution is -0.148. The Morgan fingerprint density at radius 3 is 2.48 bits per heavy atom. The molecule has 0 heterocycles. The van der Waals surface area contributed by atoms with Crippen molar-refractivity contribution in [1.29, 1.82) is 0 Å². The highest BCUT2D eigenvalue weighted by Crippen LogP contribution is 2.10. The molecule has 9 heteroatoms. The Hall–Kier alpha value is -0.800. The maximum atomic E-state index is 11.9. The fourth-order valence-electron chi connectivity index (χ4n) is 1.30. The number of benzene rings is 1. The van der Waals surface area contributed by atoms with Crippen molar-refractivity contribution in [1.82, 2.24) is 4.89 Å². The van der Waals surface area contributed by atoms with Gasteiger partial charge >= 0.3 is 5.97 Å². The second-order valence-electron chi connectivity index (χ2n) is 4.21. The number of carbonyl (C=O) groups excluding carboxylic acids is 1. The quantitative estimate of drug-likeness (QED) is 0.715. The largest absolute Gasteiger partial charge is 0.354 e. The SMILES string of the molecule is CSCC[C@H](N)C(=O)ONS(=O)(=O)c1ccc(C)cc1.Cl. The molecule has 3 N–H and O–H groups in total. The fraction of sp³-hybridized carbons (Fsp3) is 0.417. The summed E-state index contributed by atoms with van der Waals surface area (Å²) in [5, 5.41) is 0. The summed E-state index contributed by atoms with van der Waals surface area (Å²) < 4.78 is 23.7. The zero-order chi connectivity index (χ0) is 15.2. The first-order valence-corrected chi connectivity index (χ1v) is 8.78. The number of sulfonamides is 1. The van der Waals surface area contributed by atoms with Crippen molar-refractivity contribution in [2.75, 3.05) is 12.0 Å². The summed E-state index contributed by atoms with van der Waals surface area (Å²) in [5.41, 5.74) is 6.50. The van der Waals surface area contributed by atoms with Crippen LogP contribution in [0.2, 0.25) is 0 Å². The first kappa shape index (κ1) is 20.2. The van der Waals surface area contributed by atoms with E-state index in [1.54, 1.807) is 28.8 Å². The smallest absolute Gasteiger partial charge is 0.342 e. The predicted molar refractivity (Wildman–Crippen MR) is 85.8 cm³/mol. The van der Waals surface area contributed by atoms with Crippen molar-refractivity contribution in [3.63, 3.8) is 0 Å². The van der Waals surface area contributed by atoms with E-state index in [0.29, 0.717) is 12.2 Å². The van der Waals surface area contributed by atoms with E-state index in [9.17, 15) is 13.2 Å². The lowest BCUT2D eigenvalue weighted by Gasteiger charge is -2.11. The highest BCUT2D eigenvalue weighted by Gasteiger charge is 2.20. The molecule has 0 spiro atoms. The van der Waals surface area contributed by atoms with Crippen LogP contribution in [0, 0.1) is 6.92 Å². The van der Waals surface area contributed by atoms with E-state index in [0.717, 1.165) is 5.56 Å². The molecule has 1 aromatic rings. The number of nitrogens with two attached hydrogens (primary N) is 1. The van der Waals surface area contributed by atoms with E-state index < -0.39 is 22.0 Å². The summed E-state index contributed by atoms with van der Waals surface area (Å²) in [6.45, 7) is 1.84. The van der Waals surface area contributed by atoms with Gasteiger partial charge < -0.3 is 10.6 Å². The van der Waals surface area contributed by atoms with Gasteiger partial charge in [0.1, 0.15) is 6.04 Å². The molecule has 0 aliphatic heterocycles. The number of hydrogen-bond donors (Lipinski definition) is 2. The third-order valence-electron chi connectivity index (χ3n) is 2.52. The van der Waals surface area contributed by atoms with Crippen LogP contribution in [0.5, 0.6) is 0 Å². The lowest BCUT2D eigenvalue weighted by atomic mass is 10.2. The van der Waals surface area contributed by atoms with Crippen LogP contribution in [0.3, 0.4) is 0 Å². The summed E-state index contributed by atoms with van der Waals surface area (Å²) in [4.78, 5) is 17.8. The first-order valence-electron chi connectivity index (χ1n) is 5.90. The third kappa shape index (κ3) is 6.66. The molecule has 0 aromatic heterocycles. The molecule has 0 unspecified atom stereocenters. The summed E-state index contributed by atoms with van der Waals surface area (Å²) in [5.74, 6) is -0.101. The Balaban J connectivity index is 0.00000400. The highest BCUT2D eigenvalue weighted by atomic mass is 35.5. The standard InChI is InChI=1S/C12H18N2O4S2.ClH/c1-9-3-5-10(6-4-9)20(16,17)14-18-12(15)11(13)7-8-19-2;/h3-6,11,14H,7-8,13H2,1-2H3;1H/t11-;/m0./s1. The molecule has 6 nitrogen and oxygen atoms in total. The Bertz CT molecular complexity index is 549. The van der Waals surface area contributed by atoms with Gasteiger partial charge in [0.05, 0.1) is 4.90 Å². The molecule has 0 aliphatic rings. The number of halogens is 1. The maximum absolute atomic E-state index is 11.9. The second kappa shape index (κ2) is 9.26. The van der Waals surface area contributed by atoms with Crippen LogP contribution < -0.4 is 10.6 Å².